The van der Waals surface area contributed by atoms with E-state index in [1.165, 1.54) is 24.0 Å². The maximum absolute atomic E-state index is 10.7. The number of benzene rings is 1. The second-order valence-corrected chi connectivity index (χ2v) is 4.38. The Hall–Kier alpha value is -1.51. The number of hydrogen-bond acceptors (Lipinski definition) is 2. The highest BCUT2D eigenvalue weighted by Gasteiger charge is 2.13. The van der Waals surface area contributed by atoms with Crippen LogP contribution >= 0.6 is 0 Å². The molecule has 2 N–H and O–H groups in total. The number of amides is 1. The first-order chi connectivity index (χ1) is 7.65. The summed E-state index contributed by atoms with van der Waals surface area (Å²) >= 11 is 0. The Morgan fingerprint density at radius 1 is 1.44 bits per heavy atom. The average molecular weight is 219 g/mol. The normalized spacial score (nSPS) is 15.6. The van der Waals surface area contributed by atoms with Gasteiger partial charge in [-0.1, -0.05) is 6.07 Å². The molecule has 1 aliphatic carbocycles. The maximum atomic E-state index is 10.7. The molecule has 0 aliphatic heterocycles. The minimum absolute atomic E-state index is 0.156. The largest absolute Gasteiger partial charge is 0.490 e. The van der Waals surface area contributed by atoms with Crippen molar-refractivity contribution in [3.63, 3.8) is 0 Å². The molecule has 3 heteroatoms. The molecule has 1 atom stereocenters. The van der Waals surface area contributed by atoms with Crippen molar-refractivity contribution < 1.29 is 9.53 Å². The van der Waals surface area contributed by atoms with E-state index in [-0.39, 0.29) is 18.4 Å². The van der Waals surface area contributed by atoms with E-state index in [4.69, 9.17) is 10.5 Å². The molecule has 1 amide bonds. The Labute approximate surface area is 95.6 Å². The fraction of sp³-hybridized carbons (Fsp3) is 0.462. The lowest BCUT2D eigenvalue weighted by molar-refractivity contribution is -0.119. The Kier molecular flexibility index (Phi) is 3.13. The zero-order chi connectivity index (χ0) is 11.5. The van der Waals surface area contributed by atoms with Crippen LogP contribution in [0.25, 0.3) is 0 Å². The van der Waals surface area contributed by atoms with Crippen LogP contribution < -0.4 is 10.5 Å². The highest BCUT2D eigenvalue weighted by atomic mass is 16.5. The monoisotopic (exact) mass is 219 g/mol. The number of ether oxygens (including phenoxy) is 1. The van der Waals surface area contributed by atoms with Crippen molar-refractivity contribution in [3.05, 3.63) is 29.3 Å². The first kappa shape index (κ1) is 11.0. The summed E-state index contributed by atoms with van der Waals surface area (Å²) in [6.07, 6.45) is 3.65. The quantitative estimate of drug-likeness (QED) is 0.839. The topological polar surface area (TPSA) is 52.3 Å². The molecule has 1 aromatic carbocycles. The number of nitrogens with two attached hydrogens (primary N) is 1. The predicted molar refractivity (Wildman–Crippen MR) is 62.4 cm³/mol. The van der Waals surface area contributed by atoms with Crippen molar-refractivity contribution >= 4 is 5.91 Å². The molecule has 0 saturated heterocycles. The molecule has 0 spiro atoms. The molecule has 0 saturated carbocycles. The van der Waals surface area contributed by atoms with Crippen LogP contribution in [0.1, 0.15) is 30.9 Å². The molecule has 3 nitrogen and oxygen atoms in total. The molecule has 0 aromatic heterocycles. The van der Waals surface area contributed by atoms with Gasteiger partial charge in [0.2, 0.25) is 5.91 Å². The Morgan fingerprint density at radius 3 is 2.94 bits per heavy atom. The van der Waals surface area contributed by atoms with Crippen LogP contribution in [0.15, 0.2) is 18.2 Å². The highest BCUT2D eigenvalue weighted by molar-refractivity contribution is 5.74. The summed E-state index contributed by atoms with van der Waals surface area (Å²) in [6, 6.07) is 6.18. The van der Waals surface area contributed by atoms with Gasteiger partial charge in [-0.25, -0.2) is 0 Å². The summed E-state index contributed by atoms with van der Waals surface area (Å²) in [6.45, 7) is 1.86. The van der Waals surface area contributed by atoms with Crippen LogP contribution in [0.2, 0.25) is 0 Å². The molecule has 1 unspecified atom stereocenters. The summed E-state index contributed by atoms with van der Waals surface area (Å²) in [5.41, 5.74) is 7.92. The molecule has 0 radical (unpaired) electrons. The maximum Gasteiger partial charge on any atom is 0.221 e. The number of fused-ring (bicyclic) bond motifs is 1. The van der Waals surface area contributed by atoms with Gasteiger partial charge in [0.1, 0.15) is 11.9 Å². The lowest BCUT2D eigenvalue weighted by atomic mass is 10.1. The van der Waals surface area contributed by atoms with E-state index in [9.17, 15) is 4.79 Å². The van der Waals surface area contributed by atoms with Crippen LogP contribution in [0, 0.1) is 0 Å². The third-order valence-corrected chi connectivity index (χ3v) is 2.90. The van der Waals surface area contributed by atoms with Gasteiger partial charge in [-0.15, -0.1) is 0 Å². The van der Waals surface area contributed by atoms with Gasteiger partial charge in [-0.3, -0.25) is 4.79 Å². The lowest BCUT2D eigenvalue weighted by Gasteiger charge is -2.13. The zero-order valence-corrected chi connectivity index (χ0v) is 9.53. The van der Waals surface area contributed by atoms with E-state index in [1.807, 2.05) is 13.0 Å². The summed E-state index contributed by atoms with van der Waals surface area (Å²) in [7, 11) is 0. The number of carbonyl (C=O) groups is 1. The summed E-state index contributed by atoms with van der Waals surface area (Å²) < 4.78 is 5.65. The van der Waals surface area contributed by atoms with E-state index >= 15 is 0 Å². The smallest absolute Gasteiger partial charge is 0.221 e. The van der Waals surface area contributed by atoms with Gasteiger partial charge in [0.05, 0.1) is 6.42 Å². The Morgan fingerprint density at radius 2 is 2.19 bits per heavy atom. The number of hydrogen-bond donors (Lipinski definition) is 1. The van der Waals surface area contributed by atoms with Gasteiger partial charge in [-0.2, -0.15) is 0 Å². The standard InChI is InChI=1S/C13H17NO2/c1-9(7-13(14)15)16-12-6-5-10-3-2-4-11(10)8-12/h5-6,8-9H,2-4,7H2,1H3,(H2,14,15). The summed E-state index contributed by atoms with van der Waals surface area (Å²) in [5, 5.41) is 0. The van der Waals surface area contributed by atoms with Crippen LogP contribution in [-0.4, -0.2) is 12.0 Å². The molecule has 0 heterocycles. The molecule has 1 aliphatic rings. The second-order valence-electron chi connectivity index (χ2n) is 4.38. The van der Waals surface area contributed by atoms with Crippen molar-refractivity contribution in [2.24, 2.45) is 5.73 Å². The highest BCUT2D eigenvalue weighted by Crippen LogP contribution is 2.26. The summed E-state index contributed by atoms with van der Waals surface area (Å²) in [5.74, 6) is 0.517. The molecule has 16 heavy (non-hydrogen) atoms. The average Bonchev–Trinajstić information content (AvgIpc) is 2.63. The van der Waals surface area contributed by atoms with Gasteiger partial charge < -0.3 is 10.5 Å². The summed E-state index contributed by atoms with van der Waals surface area (Å²) in [4.78, 5) is 10.7. The Bertz CT molecular complexity index is 401. The fourth-order valence-electron chi connectivity index (χ4n) is 2.18. The molecule has 0 bridgehead atoms. The van der Waals surface area contributed by atoms with E-state index in [0.29, 0.717) is 0 Å². The van der Waals surface area contributed by atoms with Crippen LogP contribution in [0.5, 0.6) is 5.75 Å². The zero-order valence-electron chi connectivity index (χ0n) is 9.53. The Balaban J connectivity index is 2.02. The van der Waals surface area contributed by atoms with Gasteiger partial charge in [0, 0.05) is 0 Å². The van der Waals surface area contributed by atoms with Gasteiger partial charge >= 0.3 is 0 Å². The van der Waals surface area contributed by atoms with Crippen molar-refractivity contribution in [2.75, 3.05) is 0 Å². The number of aryl methyl sites for hydroxylation is 2. The number of rotatable bonds is 4. The molecular weight excluding hydrogens is 202 g/mol. The first-order valence-corrected chi connectivity index (χ1v) is 5.72. The second kappa shape index (κ2) is 4.56. The third kappa shape index (κ3) is 2.54. The number of primary amides is 1. The van der Waals surface area contributed by atoms with E-state index in [0.717, 1.165) is 12.2 Å². The van der Waals surface area contributed by atoms with Crippen LogP contribution in [0.4, 0.5) is 0 Å². The SMILES string of the molecule is CC(CC(N)=O)Oc1ccc2c(c1)CCC2. The molecule has 0 fully saturated rings. The third-order valence-electron chi connectivity index (χ3n) is 2.90. The van der Waals surface area contributed by atoms with E-state index in [2.05, 4.69) is 12.1 Å². The van der Waals surface area contributed by atoms with E-state index in [1.54, 1.807) is 0 Å². The van der Waals surface area contributed by atoms with Crippen molar-refractivity contribution in [2.45, 2.75) is 38.7 Å². The molecule has 86 valence electrons. The van der Waals surface area contributed by atoms with Gasteiger partial charge in [-0.05, 0) is 49.4 Å². The fourth-order valence-corrected chi connectivity index (χ4v) is 2.18. The number of carbonyl (C=O) groups excluding carboxylic acids is 1. The molecule has 2 rings (SSSR count). The van der Waals surface area contributed by atoms with Crippen LogP contribution in [-0.2, 0) is 17.6 Å². The molecule has 1 aromatic rings. The van der Waals surface area contributed by atoms with Crippen LogP contribution in [0.3, 0.4) is 0 Å². The van der Waals surface area contributed by atoms with E-state index < -0.39 is 0 Å². The van der Waals surface area contributed by atoms with Crippen molar-refractivity contribution in [1.29, 1.82) is 0 Å². The minimum atomic E-state index is -0.325. The predicted octanol–water partition coefficient (Wildman–Crippen LogP) is 1.82. The lowest BCUT2D eigenvalue weighted by Crippen LogP contribution is -2.22. The van der Waals surface area contributed by atoms with Gasteiger partial charge in [0.25, 0.3) is 0 Å². The van der Waals surface area contributed by atoms with Crippen molar-refractivity contribution in [1.82, 2.24) is 0 Å². The molecular formula is C13H17NO2. The van der Waals surface area contributed by atoms with Crippen molar-refractivity contribution in [3.8, 4) is 5.75 Å². The minimum Gasteiger partial charge on any atom is -0.490 e. The van der Waals surface area contributed by atoms with Gasteiger partial charge in [0.15, 0.2) is 0 Å². The first-order valence-electron chi connectivity index (χ1n) is 5.72.